The predicted molar refractivity (Wildman–Crippen MR) is 178 cm³/mol. The zero-order valence-electron chi connectivity index (χ0n) is 21.6. The topological polar surface area (TPSA) is 43.3 Å². The highest BCUT2D eigenvalue weighted by Crippen LogP contribution is 2.51. The number of phenolic OH excluding ortho intramolecular Hbond substituents is 1. The Kier molecular flexibility index (Phi) is 10.8. The molecule has 0 unspecified atom stereocenters. The third kappa shape index (κ3) is 6.93. The normalized spacial score (nSPS) is 11.1. The Hall–Kier alpha value is -2.13. The minimum atomic E-state index is -1.53. The highest BCUT2D eigenvalue weighted by atomic mass is 35.5. The molecule has 0 bridgehead atoms. The maximum absolute atomic E-state index is 12.1. The van der Waals surface area contributed by atoms with Gasteiger partial charge in [-0.15, -0.1) is 0 Å². The Morgan fingerprint density at radius 3 is 1.34 bits per heavy atom. The van der Waals surface area contributed by atoms with E-state index < -0.39 is 13.0 Å². The lowest BCUT2D eigenvalue weighted by Gasteiger charge is -2.22. The van der Waals surface area contributed by atoms with Crippen LogP contribution in [0, 0.1) is 0 Å². The maximum atomic E-state index is 12.1. The molecule has 0 fully saturated rings. The van der Waals surface area contributed by atoms with Gasteiger partial charge in [-0.3, -0.25) is 0 Å². The molecule has 0 aliphatic carbocycles. The Labute approximate surface area is 270 Å². The lowest BCUT2D eigenvalue weighted by molar-refractivity contribution is -0.269. The van der Waals surface area contributed by atoms with E-state index in [0.717, 1.165) is 0 Å². The summed E-state index contributed by atoms with van der Waals surface area (Å²) < 4.78 is 0. The molecule has 5 aromatic carbocycles. The third-order valence-corrected chi connectivity index (χ3v) is 12.8. The van der Waals surface area contributed by atoms with Crippen LogP contribution in [0.25, 0.3) is 0 Å². The molecule has 5 rings (SSSR count). The van der Waals surface area contributed by atoms with E-state index in [1.165, 1.54) is 28.0 Å². The molecular weight excluding hydrogens is 660 g/mol. The van der Waals surface area contributed by atoms with E-state index in [1.807, 2.05) is 0 Å². The predicted octanol–water partition coefficient (Wildman–Crippen LogP) is 9.59. The fraction of sp³-hybridized carbons (Fsp3) is 0.0625. The lowest BCUT2D eigenvalue weighted by atomic mass is 10.0. The molecule has 0 atom stereocenters. The maximum Gasteiger partial charge on any atom is 0.139 e. The van der Waals surface area contributed by atoms with Crippen LogP contribution >= 0.6 is 76.9 Å². The van der Waals surface area contributed by atoms with Crippen LogP contribution in [-0.4, -0.2) is 11.8 Å². The van der Waals surface area contributed by atoms with Crippen molar-refractivity contribution in [2.45, 2.75) is 6.42 Å². The number of aromatic hydroxyl groups is 1. The van der Waals surface area contributed by atoms with Gasteiger partial charge in [0.25, 0.3) is 0 Å². The van der Waals surface area contributed by atoms with Crippen LogP contribution in [-0.2, 0) is 6.42 Å². The van der Waals surface area contributed by atoms with E-state index in [1.54, 1.807) is 0 Å². The summed E-state index contributed by atoms with van der Waals surface area (Å²) in [6, 6.07) is 35.2. The van der Waals surface area contributed by atoms with E-state index in [4.69, 9.17) is 69.6 Å². The monoisotopic (exact) mass is 680 g/mol. The van der Waals surface area contributed by atoms with Gasteiger partial charge in [-0.1, -0.05) is 130 Å². The smallest absolute Gasteiger partial charge is 0.139 e. The summed E-state index contributed by atoms with van der Waals surface area (Å²) in [4.78, 5) is 0. The minimum Gasteiger partial charge on any atom is -0.871 e. The Morgan fingerprint density at radius 1 is 0.561 bits per heavy atom. The molecule has 0 aliphatic rings. The van der Waals surface area contributed by atoms with E-state index >= 15 is 0 Å². The van der Waals surface area contributed by atoms with Crippen LogP contribution in [0.4, 0.5) is 0 Å². The standard InChI is InChI=1S/C19H18P.C13H6Cl6O2/c1-20(17-11-5-2-6-12-17,18-13-7-3-8-14-18)19-15-9-4-10-16-19;14-6-2-8(16)12(20)4(10(6)18)1-5-11(19)7(15)3-9(17)13(5)21/h2-16H,1H3;2-3,20-21H,1H2/q+1;/p-1. The fourth-order valence-electron chi connectivity index (χ4n) is 4.38. The molecule has 0 spiro atoms. The number of benzene rings is 5. The summed E-state index contributed by atoms with van der Waals surface area (Å²) in [7, 11) is -1.53. The number of hydrogen-bond donors (Lipinski definition) is 1. The van der Waals surface area contributed by atoms with Gasteiger partial charge in [0.2, 0.25) is 0 Å². The number of rotatable bonds is 5. The summed E-state index contributed by atoms with van der Waals surface area (Å²) in [5.41, 5.74) is 0.274. The molecule has 0 heterocycles. The van der Waals surface area contributed by atoms with Crippen molar-refractivity contribution in [3.8, 4) is 11.5 Å². The second-order valence-electron chi connectivity index (χ2n) is 9.13. The largest absolute Gasteiger partial charge is 0.871 e. The zero-order valence-corrected chi connectivity index (χ0v) is 27.0. The van der Waals surface area contributed by atoms with Crippen molar-refractivity contribution in [2.24, 2.45) is 0 Å². The highest BCUT2D eigenvalue weighted by molar-refractivity contribution is 7.95. The highest BCUT2D eigenvalue weighted by Gasteiger charge is 2.39. The Bertz CT molecular complexity index is 1440. The first-order valence-electron chi connectivity index (χ1n) is 12.3. The SMILES string of the molecule is C[P+](c1ccccc1)(c1ccccc1)c1ccccc1.[O-]c1c(Cl)cc(Cl)c(Cl)c1Cc1c(O)c(Cl)cc(Cl)c1Cl. The first kappa shape index (κ1) is 31.8. The molecule has 0 saturated carbocycles. The molecule has 1 N–H and O–H groups in total. The molecule has 5 aromatic rings. The summed E-state index contributed by atoms with van der Waals surface area (Å²) in [5.74, 6) is -0.782. The molecule has 9 heteroatoms. The summed E-state index contributed by atoms with van der Waals surface area (Å²) in [6.07, 6.45) is -0.108. The van der Waals surface area contributed by atoms with Crippen LogP contribution < -0.4 is 21.0 Å². The fourth-order valence-corrected chi connectivity index (χ4v) is 9.01. The molecule has 0 radical (unpaired) electrons. The second-order valence-corrected chi connectivity index (χ2v) is 15.1. The number of halogens is 6. The molecule has 41 heavy (non-hydrogen) atoms. The summed E-state index contributed by atoms with van der Waals surface area (Å²) >= 11 is 35.5. The first-order valence-corrected chi connectivity index (χ1v) is 16.8. The quantitative estimate of drug-likeness (QED) is 0.148. The third-order valence-electron chi connectivity index (χ3n) is 6.63. The van der Waals surface area contributed by atoms with E-state index in [2.05, 4.69) is 97.7 Å². The zero-order chi connectivity index (χ0) is 29.7. The van der Waals surface area contributed by atoms with Gasteiger partial charge in [0.05, 0.1) is 31.8 Å². The van der Waals surface area contributed by atoms with Gasteiger partial charge in [0, 0.05) is 17.0 Å². The molecule has 0 aromatic heterocycles. The van der Waals surface area contributed by atoms with Gasteiger partial charge in [-0.25, -0.2) is 0 Å². The van der Waals surface area contributed by atoms with Gasteiger partial charge in [-0.05, 0) is 54.1 Å². The average molecular weight is 683 g/mol. The van der Waals surface area contributed by atoms with Crippen LogP contribution in [0.15, 0.2) is 103 Å². The van der Waals surface area contributed by atoms with Crippen LogP contribution in [0.3, 0.4) is 0 Å². The molecule has 210 valence electrons. The molecule has 0 amide bonds. The van der Waals surface area contributed by atoms with Gasteiger partial charge < -0.3 is 10.2 Å². The van der Waals surface area contributed by atoms with Crippen molar-refractivity contribution in [1.82, 2.24) is 0 Å². The summed E-state index contributed by atoms with van der Waals surface area (Å²) in [5, 5.41) is 26.7. The van der Waals surface area contributed by atoms with Crippen molar-refractivity contribution < 1.29 is 10.2 Å². The van der Waals surface area contributed by atoms with Gasteiger partial charge in [-0.2, -0.15) is 0 Å². The van der Waals surface area contributed by atoms with E-state index in [-0.39, 0.29) is 53.4 Å². The molecule has 0 aliphatic heterocycles. The molecular formula is C32H23Cl6O2P. The van der Waals surface area contributed by atoms with E-state index in [0.29, 0.717) is 0 Å². The molecule has 2 nitrogen and oxygen atoms in total. The van der Waals surface area contributed by atoms with Gasteiger partial charge in [0.1, 0.15) is 28.9 Å². The first-order chi connectivity index (χ1) is 19.6. The van der Waals surface area contributed by atoms with Crippen molar-refractivity contribution in [2.75, 3.05) is 6.66 Å². The minimum absolute atomic E-state index is 0.0103. The molecule has 0 saturated heterocycles. The number of hydrogen-bond acceptors (Lipinski definition) is 2. The second kappa shape index (κ2) is 13.9. The Morgan fingerprint density at radius 2 is 0.927 bits per heavy atom. The lowest BCUT2D eigenvalue weighted by Crippen LogP contribution is -2.30. The Balaban J connectivity index is 0.000000189. The van der Waals surface area contributed by atoms with E-state index in [9.17, 15) is 10.2 Å². The van der Waals surface area contributed by atoms with Gasteiger partial charge in [0.15, 0.2) is 0 Å². The van der Waals surface area contributed by atoms with Crippen LogP contribution in [0.1, 0.15) is 11.1 Å². The van der Waals surface area contributed by atoms with Crippen LogP contribution in [0.2, 0.25) is 30.1 Å². The average Bonchev–Trinajstić information content (AvgIpc) is 3.00. The van der Waals surface area contributed by atoms with Gasteiger partial charge >= 0.3 is 0 Å². The van der Waals surface area contributed by atoms with Crippen LogP contribution in [0.5, 0.6) is 11.5 Å². The number of phenols is 1. The summed E-state index contributed by atoms with van der Waals surface area (Å²) in [6.45, 7) is 2.41. The van der Waals surface area contributed by atoms with Crippen molar-refractivity contribution >= 4 is 92.8 Å². The van der Waals surface area contributed by atoms with Crippen molar-refractivity contribution in [3.05, 3.63) is 144 Å². The van der Waals surface area contributed by atoms with Crippen molar-refractivity contribution in [1.29, 1.82) is 0 Å². The van der Waals surface area contributed by atoms with Crippen molar-refractivity contribution in [3.63, 3.8) is 0 Å².